The van der Waals surface area contributed by atoms with E-state index in [9.17, 15) is 14.0 Å². The van der Waals surface area contributed by atoms with Gasteiger partial charge in [-0.05, 0) is 43.7 Å². The summed E-state index contributed by atoms with van der Waals surface area (Å²) in [6.07, 6.45) is 1.72. The summed E-state index contributed by atoms with van der Waals surface area (Å²) >= 11 is 7.12. The van der Waals surface area contributed by atoms with Crippen LogP contribution in [0.1, 0.15) is 31.0 Å². The largest absolute Gasteiger partial charge is 0.463 e. The van der Waals surface area contributed by atoms with Gasteiger partial charge in [0, 0.05) is 10.6 Å². The Labute approximate surface area is 186 Å². The lowest BCUT2D eigenvalue weighted by Crippen LogP contribution is -2.40. The molecule has 2 aromatic carbocycles. The van der Waals surface area contributed by atoms with E-state index in [2.05, 4.69) is 4.99 Å². The van der Waals surface area contributed by atoms with E-state index in [1.807, 2.05) is 0 Å². The highest BCUT2D eigenvalue weighted by Gasteiger charge is 2.34. The molecule has 5 nitrogen and oxygen atoms in total. The third-order valence-corrected chi connectivity index (χ3v) is 6.12. The monoisotopic (exact) mass is 456 g/mol. The zero-order chi connectivity index (χ0) is 22.1. The van der Waals surface area contributed by atoms with E-state index in [4.69, 9.17) is 16.3 Å². The molecule has 0 radical (unpaired) electrons. The molecule has 0 N–H and O–H groups in total. The molecule has 158 valence electrons. The van der Waals surface area contributed by atoms with E-state index < -0.39 is 17.8 Å². The fourth-order valence-electron chi connectivity index (χ4n) is 3.49. The molecule has 0 saturated heterocycles. The summed E-state index contributed by atoms with van der Waals surface area (Å²) in [6.45, 7) is 3.50. The van der Waals surface area contributed by atoms with Crippen molar-refractivity contribution >= 4 is 35.0 Å². The van der Waals surface area contributed by atoms with Gasteiger partial charge in [-0.25, -0.2) is 14.2 Å². The van der Waals surface area contributed by atoms with Gasteiger partial charge in [-0.1, -0.05) is 53.3 Å². The molecule has 4 rings (SSSR count). The van der Waals surface area contributed by atoms with Gasteiger partial charge in [0.15, 0.2) is 4.80 Å². The molecule has 1 atom stereocenters. The molecule has 8 heteroatoms. The van der Waals surface area contributed by atoms with Crippen LogP contribution in [0.25, 0.3) is 6.08 Å². The van der Waals surface area contributed by atoms with Crippen LogP contribution in [0.3, 0.4) is 0 Å². The van der Waals surface area contributed by atoms with Crippen LogP contribution in [-0.2, 0) is 9.53 Å². The number of nitrogens with zero attached hydrogens (tertiary/aromatic N) is 2. The molecular formula is C23H18ClFN2O3S. The summed E-state index contributed by atoms with van der Waals surface area (Å²) in [5, 5.41) is 0.591. The third kappa shape index (κ3) is 3.98. The number of ether oxygens (including phenoxy) is 1. The maximum absolute atomic E-state index is 14.8. The minimum absolute atomic E-state index is 0.150. The number of aromatic nitrogens is 1. The minimum Gasteiger partial charge on any atom is -0.463 e. The maximum atomic E-state index is 14.8. The van der Waals surface area contributed by atoms with Gasteiger partial charge >= 0.3 is 5.97 Å². The number of allylic oxidation sites excluding steroid dienone is 1. The van der Waals surface area contributed by atoms with E-state index in [1.54, 1.807) is 62.4 Å². The second kappa shape index (κ2) is 8.61. The zero-order valence-electron chi connectivity index (χ0n) is 16.8. The van der Waals surface area contributed by atoms with Crippen LogP contribution in [0.2, 0.25) is 5.02 Å². The molecule has 3 aromatic rings. The molecule has 1 aliphatic heterocycles. The van der Waals surface area contributed by atoms with E-state index in [-0.39, 0.29) is 23.3 Å². The molecular weight excluding hydrogens is 439 g/mol. The predicted molar refractivity (Wildman–Crippen MR) is 118 cm³/mol. The lowest BCUT2D eigenvalue weighted by Gasteiger charge is -2.24. The average Bonchev–Trinajstić information content (AvgIpc) is 3.04. The third-order valence-electron chi connectivity index (χ3n) is 4.88. The van der Waals surface area contributed by atoms with Crippen LogP contribution in [0.5, 0.6) is 0 Å². The van der Waals surface area contributed by atoms with Crippen molar-refractivity contribution in [2.45, 2.75) is 19.9 Å². The highest BCUT2D eigenvalue weighted by Crippen LogP contribution is 2.32. The van der Waals surface area contributed by atoms with Crippen molar-refractivity contribution in [3.05, 3.63) is 101 Å². The van der Waals surface area contributed by atoms with Gasteiger partial charge in [0.05, 0.1) is 22.4 Å². The Morgan fingerprint density at radius 3 is 2.65 bits per heavy atom. The summed E-state index contributed by atoms with van der Waals surface area (Å²) in [6, 6.07) is 12.2. The molecule has 0 bridgehead atoms. The molecule has 0 aliphatic carbocycles. The van der Waals surface area contributed by atoms with Crippen LogP contribution in [0.4, 0.5) is 4.39 Å². The Morgan fingerprint density at radius 2 is 1.97 bits per heavy atom. The SMILES string of the molecule is CCOC(=O)C1=C(C)N=c2s/c(=C\c3ccc(Cl)cc3)c(=O)n2C1c1ccccc1F. The minimum atomic E-state index is -0.969. The van der Waals surface area contributed by atoms with Crippen LogP contribution in [0.15, 0.2) is 69.6 Å². The van der Waals surface area contributed by atoms with Crippen molar-refractivity contribution in [3.8, 4) is 0 Å². The Morgan fingerprint density at radius 1 is 1.26 bits per heavy atom. The molecule has 1 unspecified atom stereocenters. The van der Waals surface area contributed by atoms with Gasteiger partial charge in [-0.3, -0.25) is 9.36 Å². The smallest absolute Gasteiger partial charge is 0.338 e. The Kier molecular flexibility index (Phi) is 5.89. The Hall–Kier alpha value is -3.03. The number of halogens is 2. The van der Waals surface area contributed by atoms with Crippen LogP contribution in [0, 0.1) is 5.82 Å². The van der Waals surface area contributed by atoms with Gasteiger partial charge in [0.1, 0.15) is 11.9 Å². The zero-order valence-corrected chi connectivity index (χ0v) is 18.3. The van der Waals surface area contributed by atoms with Gasteiger partial charge in [-0.15, -0.1) is 0 Å². The number of benzene rings is 2. The predicted octanol–water partition coefficient (Wildman–Crippen LogP) is 3.59. The average molecular weight is 457 g/mol. The maximum Gasteiger partial charge on any atom is 0.338 e. The van der Waals surface area contributed by atoms with Gasteiger partial charge in [-0.2, -0.15) is 0 Å². The van der Waals surface area contributed by atoms with Gasteiger partial charge in [0.2, 0.25) is 0 Å². The van der Waals surface area contributed by atoms with Crippen molar-refractivity contribution in [3.63, 3.8) is 0 Å². The summed E-state index contributed by atoms with van der Waals surface area (Å²) in [4.78, 5) is 31.0. The van der Waals surface area contributed by atoms with E-state index in [0.29, 0.717) is 20.1 Å². The molecule has 31 heavy (non-hydrogen) atoms. The van der Waals surface area contributed by atoms with Crippen LogP contribution in [-0.4, -0.2) is 17.1 Å². The number of carbonyl (C=O) groups is 1. The number of hydrogen-bond donors (Lipinski definition) is 0. The summed E-state index contributed by atoms with van der Waals surface area (Å²) in [7, 11) is 0. The second-order valence-electron chi connectivity index (χ2n) is 6.88. The molecule has 1 aliphatic rings. The number of fused-ring (bicyclic) bond motifs is 1. The summed E-state index contributed by atoms with van der Waals surface area (Å²) in [5.74, 6) is -1.14. The molecule has 0 spiro atoms. The lowest BCUT2D eigenvalue weighted by atomic mass is 9.95. The van der Waals surface area contributed by atoms with E-state index in [1.165, 1.54) is 22.0 Å². The van der Waals surface area contributed by atoms with Crippen molar-refractivity contribution in [1.82, 2.24) is 4.57 Å². The van der Waals surface area contributed by atoms with Gasteiger partial charge in [0.25, 0.3) is 5.56 Å². The lowest BCUT2D eigenvalue weighted by molar-refractivity contribution is -0.139. The number of thiazole rings is 1. The summed E-state index contributed by atoms with van der Waals surface area (Å²) in [5.41, 5.74) is 1.18. The highest BCUT2D eigenvalue weighted by atomic mass is 35.5. The van der Waals surface area contributed by atoms with Crippen LogP contribution < -0.4 is 14.9 Å². The summed E-state index contributed by atoms with van der Waals surface area (Å²) < 4.78 is 21.8. The fraction of sp³-hybridized carbons (Fsp3) is 0.174. The molecule has 2 heterocycles. The van der Waals surface area contributed by atoms with E-state index >= 15 is 0 Å². The highest BCUT2D eigenvalue weighted by molar-refractivity contribution is 7.07. The first-order valence-electron chi connectivity index (χ1n) is 9.60. The van der Waals surface area contributed by atoms with Crippen molar-refractivity contribution in [2.75, 3.05) is 6.61 Å². The Bertz CT molecular complexity index is 1370. The molecule has 1 aromatic heterocycles. The van der Waals surface area contributed by atoms with Gasteiger partial charge < -0.3 is 4.74 Å². The quantitative estimate of drug-likeness (QED) is 0.564. The van der Waals surface area contributed by atoms with Crippen molar-refractivity contribution in [1.29, 1.82) is 0 Å². The van der Waals surface area contributed by atoms with Crippen LogP contribution >= 0.6 is 22.9 Å². The molecule has 0 saturated carbocycles. The van der Waals surface area contributed by atoms with Crippen molar-refractivity contribution in [2.24, 2.45) is 4.99 Å². The first-order chi connectivity index (χ1) is 14.9. The number of esters is 1. The first kappa shape index (κ1) is 21.2. The van der Waals surface area contributed by atoms with Crippen molar-refractivity contribution < 1.29 is 13.9 Å². The number of carbonyl (C=O) groups excluding carboxylic acids is 1. The first-order valence-corrected chi connectivity index (χ1v) is 10.8. The topological polar surface area (TPSA) is 60.7 Å². The van der Waals surface area contributed by atoms with E-state index in [0.717, 1.165) is 5.56 Å². The second-order valence-corrected chi connectivity index (χ2v) is 8.32. The normalized spacial score (nSPS) is 16.1. The fourth-order valence-corrected chi connectivity index (χ4v) is 4.67. The number of hydrogen-bond acceptors (Lipinski definition) is 5. The standard InChI is InChI=1S/C23H18ClFN2O3S/c1-3-30-22(29)19-13(2)26-23-27(20(19)16-6-4-5-7-17(16)25)21(28)18(31-23)12-14-8-10-15(24)11-9-14/h4-12,20H,3H2,1-2H3/b18-12-. The Balaban J connectivity index is 1.97. The molecule has 0 fully saturated rings. The number of rotatable bonds is 4. The molecule has 0 amide bonds.